The van der Waals surface area contributed by atoms with E-state index in [9.17, 15) is 4.79 Å². The second-order valence-electron chi connectivity index (χ2n) is 6.24. The Morgan fingerprint density at radius 1 is 1.26 bits per heavy atom. The molecule has 1 atom stereocenters. The van der Waals surface area contributed by atoms with Crippen LogP contribution in [-0.2, 0) is 9.53 Å². The van der Waals surface area contributed by atoms with Crippen molar-refractivity contribution in [1.29, 1.82) is 0 Å². The Labute approximate surface area is 117 Å². The van der Waals surface area contributed by atoms with Crippen LogP contribution in [0, 0.1) is 5.92 Å². The van der Waals surface area contributed by atoms with Crippen molar-refractivity contribution in [3.8, 4) is 0 Å². The average Bonchev–Trinajstić information content (AvgIpc) is 2.31. The van der Waals surface area contributed by atoms with E-state index in [2.05, 4.69) is 26.1 Å². The van der Waals surface area contributed by atoms with Crippen molar-refractivity contribution in [3.63, 3.8) is 0 Å². The molecule has 0 aromatic carbocycles. The second kappa shape index (κ2) is 8.54. The van der Waals surface area contributed by atoms with Crippen LogP contribution in [0.3, 0.4) is 0 Å². The van der Waals surface area contributed by atoms with Crippen molar-refractivity contribution in [2.75, 3.05) is 6.61 Å². The molecule has 4 nitrogen and oxygen atoms in total. The number of carbonyl (C=O) groups excluding carboxylic acids is 1. The highest BCUT2D eigenvalue weighted by Crippen LogP contribution is 2.17. The smallest absolute Gasteiger partial charge is 0.222 e. The Bertz CT molecular complexity index is 261. The van der Waals surface area contributed by atoms with Crippen LogP contribution in [0.5, 0.6) is 0 Å². The van der Waals surface area contributed by atoms with Crippen LogP contribution in [0.25, 0.3) is 0 Å². The first-order valence-corrected chi connectivity index (χ1v) is 7.64. The third kappa shape index (κ3) is 7.53. The van der Waals surface area contributed by atoms with Gasteiger partial charge < -0.3 is 15.8 Å². The molecule has 0 spiro atoms. The Morgan fingerprint density at radius 3 is 2.47 bits per heavy atom. The summed E-state index contributed by atoms with van der Waals surface area (Å²) < 4.78 is 5.65. The Kier molecular flexibility index (Phi) is 7.39. The Morgan fingerprint density at radius 2 is 1.89 bits per heavy atom. The van der Waals surface area contributed by atoms with E-state index in [4.69, 9.17) is 10.5 Å². The number of amides is 1. The van der Waals surface area contributed by atoms with Crippen LogP contribution in [-0.4, -0.2) is 30.7 Å². The molecule has 1 fully saturated rings. The number of ether oxygens (including phenoxy) is 1. The van der Waals surface area contributed by atoms with Crippen LogP contribution in [0.4, 0.5) is 0 Å². The summed E-state index contributed by atoms with van der Waals surface area (Å²) in [6, 6.07) is 0.647. The molecule has 1 saturated carbocycles. The van der Waals surface area contributed by atoms with E-state index in [1.807, 2.05) is 0 Å². The first-order valence-electron chi connectivity index (χ1n) is 7.64. The summed E-state index contributed by atoms with van der Waals surface area (Å²) in [6.45, 7) is 6.95. The predicted octanol–water partition coefficient (Wildman–Crippen LogP) is 2.21. The highest BCUT2D eigenvalue weighted by Gasteiger charge is 2.19. The van der Waals surface area contributed by atoms with Gasteiger partial charge in [0.1, 0.15) is 0 Å². The quantitative estimate of drug-likeness (QED) is 0.745. The third-order valence-corrected chi connectivity index (χ3v) is 3.67. The molecule has 0 aromatic rings. The Balaban J connectivity index is 2.08. The minimum Gasteiger partial charge on any atom is -0.378 e. The highest BCUT2D eigenvalue weighted by atomic mass is 16.5. The molecule has 3 N–H and O–H groups in total. The maximum absolute atomic E-state index is 11.8. The molecule has 1 amide bonds. The van der Waals surface area contributed by atoms with Crippen LogP contribution in [0.2, 0.25) is 0 Å². The minimum atomic E-state index is 0.109. The maximum Gasteiger partial charge on any atom is 0.222 e. The minimum absolute atomic E-state index is 0.109. The molecule has 0 aliphatic heterocycles. The van der Waals surface area contributed by atoms with Crippen LogP contribution >= 0.6 is 0 Å². The zero-order chi connectivity index (χ0) is 14.3. The third-order valence-electron chi connectivity index (χ3n) is 3.67. The van der Waals surface area contributed by atoms with Gasteiger partial charge in [-0.2, -0.15) is 0 Å². The highest BCUT2D eigenvalue weighted by molar-refractivity contribution is 5.76. The molecule has 19 heavy (non-hydrogen) atoms. The molecule has 0 radical (unpaired) electrons. The molecule has 1 rings (SSSR count). The number of nitrogens with two attached hydrogens (primary N) is 1. The summed E-state index contributed by atoms with van der Waals surface area (Å²) in [4.78, 5) is 11.8. The molecular weight excluding hydrogens is 240 g/mol. The van der Waals surface area contributed by atoms with E-state index in [-0.39, 0.29) is 12.0 Å². The number of carbonyl (C=O) groups is 1. The average molecular weight is 270 g/mol. The van der Waals surface area contributed by atoms with Gasteiger partial charge >= 0.3 is 0 Å². The number of rotatable bonds is 7. The molecule has 0 heterocycles. The number of nitrogens with one attached hydrogen (secondary N) is 1. The lowest BCUT2D eigenvalue weighted by atomic mass is 9.92. The molecule has 112 valence electrons. The van der Waals surface area contributed by atoms with Gasteiger partial charge in [-0.05, 0) is 44.9 Å². The van der Waals surface area contributed by atoms with Gasteiger partial charge in [-0.3, -0.25) is 4.79 Å². The molecular formula is C15H30N2O2. The van der Waals surface area contributed by atoms with Crippen molar-refractivity contribution in [3.05, 3.63) is 0 Å². The maximum atomic E-state index is 11.8. The van der Waals surface area contributed by atoms with Crippen LogP contribution in [0.15, 0.2) is 0 Å². The summed E-state index contributed by atoms with van der Waals surface area (Å²) in [6.07, 6.45) is 5.81. The summed E-state index contributed by atoms with van der Waals surface area (Å²) in [5.74, 6) is 0.743. The summed E-state index contributed by atoms with van der Waals surface area (Å²) in [5, 5.41) is 3.08. The van der Waals surface area contributed by atoms with Crippen LogP contribution in [0.1, 0.15) is 59.3 Å². The monoisotopic (exact) mass is 270 g/mol. The second-order valence-corrected chi connectivity index (χ2v) is 6.24. The van der Waals surface area contributed by atoms with Gasteiger partial charge in [0, 0.05) is 18.5 Å². The lowest BCUT2D eigenvalue weighted by molar-refractivity contribution is -0.123. The molecule has 0 saturated heterocycles. The van der Waals surface area contributed by atoms with E-state index in [1.54, 1.807) is 0 Å². The molecule has 1 aliphatic rings. The van der Waals surface area contributed by atoms with E-state index in [1.165, 1.54) is 0 Å². The normalized spacial score (nSPS) is 25.3. The first kappa shape index (κ1) is 16.4. The fourth-order valence-electron chi connectivity index (χ4n) is 2.65. The standard InChI is InChI=1S/C15H30N2O2/c1-11(2)10-12(3)19-9-8-15(18)17-14-6-4-13(16)5-7-14/h11-14H,4-10,16H2,1-3H3,(H,17,18). The van der Waals surface area contributed by atoms with Gasteiger partial charge in [0.05, 0.1) is 12.7 Å². The predicted molar refractivity (Wildman–Crippen MR) is 77.9 cm³/mol. The fraction of sp³-hybridized carbons (Fsp3) is 0.933. The first-order chi connectivity index (χ1) is 8.97. The number of hydrogen-bond donors (Lipinski definition) is 2. The summed E-state index contributed by atoms with van der Waals surface area (Å²) >= 11 is 0. The zero-order valence-corrected chi connectivity index (χ0v) is 12.7. The van der Waals surface area contributed by atoms with Gasteiger partial charge in [-0.25, -0.2) is 0 Å². The van der Waals surface area contributed by atoms with Crippen molar-refractivity contribution in [2.24, 2.45) is 11.7 Å². The van der Waals surface area contributed by atoms with Crippen molar-refractivity contribution >= 4 is 5.91 Å². The number of hydrogen-bond acceptors (Lipinski definition) is 3. The van der Waals surface area contributed by atoms with Crippen molar-refractivity contribution in [2.45, 2.75) is 77.5 Å². The lowest BCUT2D eigenvalue weighted by Gasteiger charge is -2.26. The van der Waals surface area contributed by atoms with Gasteiger partial charge in [-0.15, -0.1) is 0 Å². The summed E-state index contributed by atoms with van der Waals surface area (Å²) in [7, 11) is 0. The van der Waals surface area contributed by atoms with Gasteiger partial charge in [-0.1, -0.05) is 13.8 Å². The van der Waals surface area contributed by atoms with E-state index < -0.39 is 0 Å². The largest absolute Gasteiger partial charge is 0.378 e. The molecule has 4 heteroatoms. The summed E-state index contributed by atoms with van der Waals surface area (Å²) in [5.41, 5.74) is 5.85. The Hall–Kier alpha value is -0.610. The SMILES string of the molecule is CC(C)CC(C)OCCC(=O)NC1CCC(N)CC1. The topological polar surface area (TPSA) is 64.3 Å². The molecule has 1 aliphatic carbocycles. The zero-order valence-electron chi connectivity index (χ0n) is 12.7. The molecule has 0 bridgehead atoms. The van der Waals surface area contributed by atoms with Crippen molar-refractivity contribution in [1.82, 2.24) is 5.32 Å². The van der Waals surface area contributed by atoms with E-state index in [0.717, 1.165) is 32.1 Å². The molecule has 1 unspecified atom stereocenters. The van der Waals surface area contributed by atoms with E-state index in [0.29, 0.717) is 31.0 Å². The van der Waals surface area contributed by atoms with Gasteiger partial charge in [0.25, 0.3) is 0 Å². The lowest BCUT2D eigenvalue weighted by Crippen LogP contribution is -2.40. The molecule has 0 aromatic heterocycles. The van der Waals surface area contributed by atoms with Crippen molar-refractivity contribution < 1.29 is 9.53 Å². The van der Waals surface area contributed by atoms with Gasteiger partial charge in [0.15, 0.2) is 0 Å². The van der Waals surface area contributed by atoms with Crippen LogP contribution < -0.4 is 11.1 Å². The van der Waals surface area contributed by atoms with E-state index >= 15 is 0 Å². The van der Waals surface area contributed by atoms with Gasteiger partial charge in [0.2, 0.25) is 5.91 Å². The fourth-order valence-corrected chi connectivity index (χ4v) is 2.65.